The molecule has 2 aliphatic rings. The van der Waals surface area contributed by atoms with E-state index in [1.165, 1.54) is 38.6 Å². The summed E-state index contributed by atoms with van der Waals surface area (Å²) in [4.78, 5) is 15.2. The van der Waals surface area contributed by atoms with Gasteiger partial charge in [0.1, 0.15) is 0 Å². The summed E-state index contributed by atoms with van der Waals surface area (Å²) in [5, 5.41) is 3.97. The SMILES string of the molecule is CCOC[C@@H]1CCCN(C[C@H]2CCCC[C@@H]2NC(=O)c2ccc(Cl)cc2)C1. The van der Waals surface area contributed by atoms with Gasteiger partial charge in [0.05, 0.1) is 6.61 Å². The number of carbonyl (C=O) groups is 1. The quantitative estimate of drug-likeness (QED) is 0.748. The number of hydrogen-bond donors (Lipinski definition) is 1. The highest BCUT2D eigenvalue weighted by Crippen LogP contribution is 2.27. The second-order valence-electron chi connectivity index (χ2n) is 8.06. The molecular weight excluding hydrogens is 360 g/mol. The maximum absolute atomic E-state index is 12.6. The van der Waals surface area contributed by atoms with Gasteiger partial charge in [-0.1, -0.05) is 24.4 Å². The minimum atomic E-state index is 0.0245. The number of rotatable bonds is 7. The van der Waals surface area contributed by atoms with Gasteiger partial charge >= 0.3 is 0 Å². The molecule has 1 aliphatic carbocycles. The number of halogens is 1. The van der Waals surface area contributed by atoms with Crippen molar-refractivity contribution in [2.45, 2.75) is 51.5 Å². The molecular formula is C22H33ClN2O2. The molecule has 5 heteroatoms. The minimum Gasteiger partial charge on any atom is -0.381 e. The molecule has 1 aromatic rings. The zero-order valence-electron chi connectivity index (χ0n) is 16.5. The van der Waals surface area contributed by atoms with E-state index in [9.17, 15) is 4.79 Å². The first-order valence-electron chi connectivity index (χ1n) is 10.5. The Labute approximate surface area is 168 Å². The smallest absolute Gasteiger partial charge is 0.251 e. The van der Waals surface area contributed by atoms with E-state index in [1.807, 2.05) is 0 Å². The molecule has 1 aliphatic heterocycles. The van der Waals surface area contributed by atoms with E-state index in [2.05, 4.69) is 17.1 Å². The Morgan fingerprint density at radius 3 is 2.74 bits per heavy atom. The fourth-order valence-electron chi connectivity index (χ4n) is 4.54. The van der Waals surface area contributed by atoms with Gasteiger partial charge in [0.25, 0.3) is 5.91 Å². The highest BCUT2D eigenvalue weighted by atomic mass is 35.5. The summed E-state index contributed by atoms with van der Waals surface area (Å²) in [5.41, 5.74) is 0.693. The lowest BCUT2D eigenvalue weighted by Gasteiger charge is -2.39. The van der Waals surface area contributed by atoms with Crippen molar-refractivity contribution in [2.24, 2.45) is 11.8 Å². The molecule has 1 saturated heterocycles. The first-order chi connectivity index (χ1) is 13.2. The molecule has 3 atom stereocenters. The summed E-state index contributed by atoms with van der Waals surface area (Å²) in [6, 6.07) is 7.44. The molecule has 0 unspecified atom stereocenters. The third-order valence-electron chi connectivity index (χ3n) is 5.99. The number of benzene rings is 1. The molecule has 4 nitrogen and oxygen atoms in total. The summed E-state index contributed by atoms with van der Waals surface area (Å²) >= 11 is 5.94. The zero-order chi connectivity index (χ0) is 19.1. The van der Waals surface area contributed by atoms with Gasteiger partial charge in [0.2, 0.25) is 0 Å². The van der Waals surface area contributed by atoms with Gasteiger partial charge in [-0.3, -0.25) is 4.79 Å². The highest BCUT2D eigenvalue weighted by Gasteiger charge is 2.30. The second kappa shape index (κ2) is 10.4. The molecule has 1 saturated carbocycles. The first kappa shape index (κ1) is 20.6. The van der Waals surface area contributed by atoms with Crippen LogP contribution in [0.4, 0.5) is 0 Å². The number of carbonyl (C=O) groups excluding carboxylic acids is 1. The second-order valence-corrected chi connectivity index (χ2v) is 8.50. The highest BCUT2D eigenvalue weighted by molar-refractivity contribution is 6.30. The Hall–Kier alpha value is -1.10. The predicted octanol–water partition coefficient (Wildman–Crippen LogP) is 4.38. The number of ether oxygens (including phenoxy) is 1. The summed E-state index contributed by atoms with van der Waals surface area (Å²) < 4.78 is 5.65. The molecule has 1 heterocycles. The van der Waals surface area contributed by atoms with Crippen LogP contribution in [0.15, 0.2) is 24.3 Å². The normalized spacial score (nSPS) is 26.7. The van der Waals surface area contributed by atoms with E-state index < -0.39 is 0 Å². The number of piperidine rings is 1. The van der Waals surface area contributed by atoms with E-state index in [1.54, 1.807) is 24.3 Å². The molecule has 3 rings (SSSR count). The summed E-state index contributed by atoms with van der Waals surface area (Å²) in [7, 11) is 0. The molecule has 0 spiro atoms. The third-order valence-corrected chi connectivity index (χ3v) is 6.24. The van der Waals surface area contributed by atoms with Crippen LogP contribution in [0, 0.1) is 11.8 Å². The van der Waals surface area contributed by atoms with Crippen molar-refractivity contribution < 1.29 is 9.53 Å². The molecule has 2 fully saturated rings. The van der Waals surface area contributed by atoms with Gasteiger partial charge in [0, 0.05) is 36.3 Å². The van der Waals surface area contributed by atoms with Crippen molar-refractivity contribution in [2.75, 3.05) is 32.8 Å². The van der Waals surface area contributed by atoms with Crippen LogP contribution in [0.1, 0.15) is 55.8 Å². The fraction of sp³-hybridized carbons (Fsp3) is 0.682. The summed E-state index contributed by atoms with van der Waals surface area (Å²) in [6.45, 7) is 7.16. The zero-order valence-corrected chi connectivity index (χ0v) is 17.2. The van der Waals surface area contributed by atoms with Crippen molar-refractivity contribution in [1.82, 2.24) is 10.2 Å². The van der Waals surface area contributed by atoms with E-state index in [0.29, 0.717) is 22.4 Å². The Morgan fingerprint density at radius 2 is 1.96 bits per heavy atom. The molecule has 0 aromatic heterocycles. The number of likely N-dealkylation sites (tertiary alicyclic amines) is 1. The topological polar surface area (TPSA) is 41.6 Å². The average Bonchev–Trinajstić information content (AvgIpc) is 2.68. The van der Waals surface area contributed by atoms with E-state index in [0.717, 1.165) is 32.7 Å². The van der Waals surface area contributed by atoms with E-state index in [-0.39, 0.29) is 11.9 Å². The van der Waals surface area contributed by atoms with Crippen LogP contribution < -0.4 is 5.32 Å². The lowest BCUT2D eigenvalue weighted by Crippen LogP contribution is -2.48. The Kier molecular flexibility index (Phi) is 7.98. The number of hydrogen-bond acceptors (Lipinski definition) is 3. The van der Waals surface area contributed by atoms with E-state index >= 15 is 0 Å². The molecule has 1 aromatic carbocycles. The largest absolute Gasteiger partial charge is 0.381 e. The number of nitrogens with one attached hydrogen (secondary N) is 1. The minimum absolute atomic E-state index is 0.0245. The standard InChI is InChI=1S/C22H33ClN2O2/c1-2-27-16-17-6-5-13-25(14-17)15-19-7-3-4-8-21(19)24-22(26)18-9-11-20(23)12-10-18/h9-12,17,19,21H,2-8,13-16H2,1H3,(H,24,26)/t17-,19-,21+/m1/s1. The average molecular weight is 393 g/mol. The maximum Gasteiger partial charge on any atom is 0.251 e. The van der Waals surface area contributed by atoms with Crippen LogP contribution in [-0.2, 0) is 4.74 Å². The molecule has 27 heavy (non-hydrogen) atoms. The molecule has 0 radical (unpaired) electrons. The molecule has 1 amide bonds. The molecule has 150 valence electrons. The summed E-state index contributed by atoms with van der Waals surface area (Å²) in [5.74, 6) is 1.22. The third kappa shape index (κ3) is 6.20. The fourth-order valence-corrected chi connectivity index (χ4v) is 4.66. The van der Waals surface area contributed by atoms with Crippen molar-refractivity contribution in [1.29, 1.82) is 0 Å². The Morgan fingerprint density at radius 1 is 1.19 bits per heavy atom. The molecule has 1 N–H and O–H groups in total. The van der Waals surface area contributed by atoms with Crippen molar-refractivity contribution in [3.63, 3.8) is 0 Å². The van der Waals surface area contributed by atoms with Crippen LogP contribution >= 0.6 is 11.6 Å². The Bertz CT molecular complexity index is 592. The number of amides is 1. The lowest BCUT2D eigenvalue weighted by atomic mass is 9.83. The Balaban J connectivity index is 1.55. The van der Waals surface area contributed by atoms with Gasteiger partial charge in [-0.25, -0.2) is 0 Å². The van der Waals surface area contributed by atoms with Gasteiger partial charge < -0.3 is 15.0 Å². The van der Waals surface area contributed by atoms with Crippen LogP contribution in [-0.4, -0.2) is 49.7 Å². The van der Waals surface area contributed by atoms with Gasteiger partial charge in [-0.15, -0.1) is 0 Å². The van der Waals surface area contributed by atoms with Crippen molar-refractivity contribution in [3.8, 4) is 0 Å². The van der Waals surface area contributed by atoms with Crippen LogP contribution in [0.5, 0.6) is 0 Å². The van der Waals surface area contributed by atoms with Crippen LogP contribution in [0.3, 0.4) is 0 Å². The van der Waals surface area contributed by atoms with Crippen molar-refractivity contribution in [3.05, 3.63) is 34.9 Å². The van der Waals surface area contributed by atoms with E-state index in [4.69, 9.17) is 16.3 Å². The van der Waals surface area contributed by atoms with Crippen LogP contribution in [0.25, 0.3) is 0 Å². The maximum atomic E-state index is 12.6. The monoisotopic (exact) mass is 392 g/mol. The van der Waals surface area contributed by atoms with Gasteiger partial charge in [0.15, 0.2) is 0 Å². The molecule has 0 bridgehead atoms. The lowest BCUT2D eigenvalue weighted by molar-refractivity contribution is 0.0548. The summed E-state index contributed by atoms with van der Waals surface area (Å²) in [6.07, 6.45) is 7.30. The predicted molar refractivity (Wildman–Crippen MR) is 110 cm³/mol. The van der Waals surface area contributed by atoms with Gasteiger partial charge in [-0.05, 0) is 75.3 Å². The van der Waals surface area contributed by atoms with Crippen molar-refractivity contribution >= 4 is 17.5 Å². The number of nitrogens with zero attached hydrogens (tertiary/aromatic N) is 1. The van der Waals surface area contributed by atoms with Gasteiger partial charge in [-0.2, -0.15) is 0 Å². The van der Waals surface area contributed by atoms with Crippen LogP contribution in [0.2, 0.25) is 5.02 Å². The first-order valence-corrected chi connectivity index (χ1v) is 10.9.